The Morgan fingerprint density at radius 2 is 2.00 bits per heavy atom. The van der Waals surface area contributed by atoms with E-state index in [0.717, 1.165) is 6.42 Å². The molecule has 0 unspecified atom stereocenters. The van der Waals surface area contributed by atoms with Crippen molar-refractivity contribution in [2.24, 2.45) is 0 Å². The molecule has 1 aliphatic rings. The van der Waals surface area contributed by atoms with Crippen LogP contribution in [0.25, 0.3) is 0 Å². The van der Waals surface area contributed by atoms with E-state index in [1.807, 2.05) is 24.3 Å². The van der Waals surface area contributed by atoms with Crippen LogP contribution in [0.2, 0.25) is 5.02 Å². The maximum Gasteiger partial charge on any atom is 0.224 e. The minimum absolute atomic E-state index is 0.0675. The summed E-state index contributed by atoms with van der Waals surface area (Å²) in [4.78, 5) is 12.0. The molecule has 0 aromatic heterocycles. The first-order valence-corrected chi connectivity index (χ1v) is 7.29. The van der Waals surface area contributed by atoms with Gasteiger partial charge in [0.15, 0.2) is 0 Å². The van der Waals surface area contributed by atoms with Gasteiger partial charge in [-0.05, 0) is 41.8 Å². The van der Waals surface area contributed by atoms with E-state index in [2.05, 4.69) is 5.32 Å². The van der Waals surface area contributed by atoms with Gasteiger partial charge >= 0.3 is 0 Å². The predicted molar refractivity (Wildman–Crippen MR) is 80.8 cm³/mol. The van der Waals surface area contributed by atoms with Crippen molar-refractivity contribution in [1.29, 1.82) is 0 Å². The molecule has 0 bridgehead atoms. The summed E-state index contributed by atoms with van der Waals surface area (Å²) >= 11 is 5.86. The third-order valence-corrected chi connectivity index (χ3v) is 3.94. The zero-order valence-corrected chi connectivity index (χ0v) is 12.1. The van der Waals surface area contributed by atoms with Gasteiger partial charge in [-0.25, -0.2) is 4.39 Å². The first-order valence-electron chi connectivity index (χ1n) is 6.91. The molecule has 1 amide bonds. The lowest BCUT2D eigenvalue weighted by atomic mass is 10.1. The van der Waals surface area contributed by atoms with E-state index >= 15 is 0 Å². The van der Waals surface area contributed by atoms with Crippen molar-refractivity contribution >= 4 is 17.5 Å². The molecule has 1 saturated carbocycles. The van der Waals surface area contributed by atoms with Gasteiger partial charge < -0.3 is 5.32 Å². The maximum absolute atomic E-state index is 13.1. The topological polar surface area (TPSA) is 29.1 Å². The molecule has 21 heavy (non-hydrogen) atoms. The van der Waals surface area contributed by atoms with Crippen molar-refractivity contribution in [3.63, 3.8) is 0 Å². The molecule has 1 N–H and O–H groups in total. The number of amides is 1. The highest BCUT2D eigenvalue weighted by Crippen LogP contribution is 2.41. The fourth-order valence-electron chi connectivity index (χ4n) is 2.52. The highest BCUT2D eigenvalue weighted by Gasteiger charge is 2.39. The van der Waals surface area contributed by atoms with Crippen LogP contribution < -0.4 is 5.32 Å². The molecule has 2 nitrogen and oxygen atoms in total. The van der Waals surface area contributed by atoms with Crippen LogP contribution in [0.5, 0.6) is 0 Å². The molecular weight excluding hydrogens is 289 g/mol. The van der Waals surface area contributed by atoms with Crippen molar-refractivity contribution < 1.29 is 9.18 Å². The molecule has 108 valence electrons. The molecule has 0 heterocycles. The Morgan fingerprint density at radius 1 is 1.24 bits per heavy atom. The summed E-state index contributed by atoms with van der Waals surface area (Å²) in [7, 11) is 0. The molecule has 0 aliphatic heterocycles. The normalized spacial score (nSPS) is 20.1. The van der Waals surface area contributed by atoms with Crippen LogP contribution in [0.1, 0.15) is 23.5 Å². The number of rotatable bonds is 4. The van der Waals surface area contributed by atoms with E-state index in [0.29, 0.717) is 16.5 Å². The highest BCUT2D eigenvalue weighted by molar-refractivity contribution is 6.30. The monoisotopic (exact) mass is 303 g/mol. The molecular formula is C17H15ClFNO. The summed E-state index contributed by atoms with van der Waals surface area (Å²) < 4.78 is 13.1. The summed E-state index contributed by atoms with van der Waals surface area (Å²) in [5.74, 6) is -0.0217. The average molecular weight is 304 g/mol. The van der Waals surface area contributed by atoms with E-state index in [9.17, 15) is 9.18 Å². The number of halogens is 2. The van der Waals surface area contributed by atoms with E-state index < -0.39 is 0 Å². The lowest BCUT2D eigenvalue weighted by Gasteiger charge is -2.05. The summed E-state index contributed by atoms with van der Waals surface area (Å²) in [6.45, 7) is 0. The zero-order valence-electron chi connectivity index (χ0n) is 11.4. The first kappa shape index (κ1) is 14.1. The molecule has 1 aliphatic carbocycles. The second-order valence-electron chi connectivity index (χ2n) is 5.37. The largest absolute Gasteiger partial charge is 0.352 e. The third kappa shape index (κ3) is 3.61. The van der Waals surface area contributed by atoms with Crippen LogP contribution >= 0.6 is 11.6 Å². The predicted octanol–water partition coefficient (Wildman–Crippen LogP) is 3.69. The lowest BCUT2D eigenvalue weighted by molar-refractivity contribution is -0.120. The quantitative estimate of drug-likeness (QED) is 0.917. The van der Waals surface area contributed by atoms with Crippen LogP contribution in [0.3, 0.4) is 0 Å². The number of hydrogen-bond donors (Lipinski definition) is 1. The Balaban J connectivity index is 1.54. The molecule has 4 heteroatoms. The fraction of sp³-hybridized carbons (Fsp3) is 0.235. The van der Waals surface area contributed by atoms with Crippen molar-refractivity contribution in [1.82, 2.24) is 5.32 Å². The van der Waals surface area contributed by atoms with E-state index in [-0.39, 0.29) is 24.2 Å². The standard InChI is InChI=1S/C17H15ClFNO/c18-13-6-4-12(5-7-13)15-10-16(15)20-17(21)9-11-2-1-3-14(19)8-11/h1-8,15-16H,9-10H2,(H,20,21)/t15-,16+/m0/s1. The Kier molecular flexibility index (Phi) is 3.93. The van der Waals surface area contributed by atoms with Gasteiger partial charge in [-0.2, -0.15) is 0 Å². The number of carbonyl (C=O) groups is 1. The van der Waals surface area contributed by atoms with Gasteiger partial charge in [-0.3, -0.25) is 4.79 Å². The van der Waals surface area contributed by atoms with Crippen molar-refractivity contribution in [3.05, 3.63) is 70.5 Å². The van der Waals surface area contributed by atoms with Gasteiger partial charge in [0.2, 0.25) is 5.91 Å². The van der Waals surface area contributed by atoms with Crippen LogP contribution in [-0.4, -0.2) is 11.9 Å². The number of benzene rings is 2. The van der Waals surface area contributed by atoms with Gasteiger partial charge in [-0.1, -0.05) is 35.9 Å². The first-order chi connectivity index (χ1) is 10.1. The van der Waals surface area contributed by atoms with Gasteiger partial charge in [0.1, 0.15) is 5.82 Å². The van der Waals surface area contributed by atoms with Crippen LogP contribution in [0.15, 0.2) is 48.5 Å². The smallest absolute Gasteiger partial charge is 0.224 e. The van der Waals surface area contributed by atoms with E-state index in [1.54, 1.807) is 12.1 Å². The minimum Gasteiger partial charge on any atom is -0.352 e. The lowest BCUT2D eigenvalue weighted by Crippen LogP contribution is -2.28. The Hall–Kier alpha value is -1.87. The van der Waals surface area contributed by atoms with Gasteiger partial charge in [0.05, 0.1) is 6.42 Å². The molecule has 0 saturated heterocycles. The Bertz CT molecular complexity index is 656. The van der Waals surface area contributed by atoms with Gasteiger partial charge in [0, 0.05) is 17.0 Å². The molecule has 0 radical (unpaired) electrons. The summed E-state index contributed by atoms with van der Waals surface area (Å²) in [5, 5.41) is 3.70. The summed E-state index contributed by atoms with van der Waals surface area (Å²) in [5.41, 5.74) is 1.88. The molecule has 3 rings (SSSR count). The molecule has 2 atom stereocenters. The van der Waals surface area contributed by atoms with Gasteiger partial charge in [0.25, 0.3) is 0 Å². The van der Waals surface area contributed by atoms with Crippen molar-refractivity contribution in [3.8, 4) is 0 Å². The van der Waals surface area contributed by atoms with E-state index in [1.165, 1.54) is 17.7 Å². The van der Waals surface area contributed by atoms with E-state index in [4.69, 9.17) is 11.6 Å². The number of nitrogens with one attached hydrogen (secondary N) is 1. The Labute approximate surface area is 127 Å². The maximum atomic E-state index is 13.1. The molecule has 1 fully saturated rings. The van der Waals surface area contributed by atoms with Crippen LogP contribution in [-0.2, 0) is 11.2 Å². The average Bonchev–Trinajstić information content (AvgIpc) is 3.18. The highest BCUT2D eigenvalue weighted by atomic mass is 35.5. The molecule has 2 aromatic rings. The van der Waals surface area contributed by atoms with Crippen LogP contribution in [0, 0.1) is 5.82 Å². The fourth-order valence-corrected chi connectivity index (χ4v) is 2.65. The number of hydrogen-bond acceptors (Lipinski definition) is 1. The molecule has 2 aromatic carbocycles. The summed E-state index contributed by atoms with van der Waals surface area (Å²) in [6.07, 6.45) is 1.15. The van der Waals surface area contributed by atoms with Crippen LogP contribution in [0.4, 0.5) is 4.39 Å². The van der Waals surface area contributed by atoms with Crippen molar-refractivity contribution in [2.45, 2.75) is 24.8 Å². The zero-order chi connectivity index (χ0) is 14.8. The Morgan fingerprint density at radius 3 is 2.71 bits per heavy atom. The molecule has 0 spiro atoms. The van der Waals surface area contributed by atoms with Gasteiger partial charge in [-0.15, -0.1) is 0 Å². The second kappa shape index (κ2) is 5.86. The SMILES string of the molecule is O=C(Cc1cccc(F)c1)N[C@@H]1C[C@H]1c1ccc(Cl)cc1. The minimum atomic E-state index is -0.314. The summed E-state index contributed by atoms with van der Waals surface area (Å²) in [6, 6.07) is 14.0. The number of carbonyl (C=O) groups excluding carboxylic acids is 1. The third-order valence-electron chi connectivity index (χ3n) is 3.69. The second-order valence-corrected chi connectivity index (χ2v) is 5.81. The van der Waals surface area contributed by atoms with Crippen molar-refractivity contribution in [2.75, 3.05) is 0 Å².